The third kappa shape index (κ3) is 3.61. The number of amides is 1. The number of benzene rings is 1. The number of carbonyl (C=O) groups is 1. The summed E-state index contributed by atoms with van der Waals surface area (Å²) in [7, 11) is 1.68. The molecule has 0 aliphatic rings. The maximum absolute atomic E-state index is 12.0. The zero-order valence-corrected chi connectivity index (χ0v) is 11.3. The molecule has 0 aliphatic carbocycles. The van der Waals surface area contributed by atoms with Crippen LogP contribution in [0.1, 0.15) is 24.2 Å². The second-order valence-electron chi connectivity index (χ2n) is 4.45. The minimum atomic E-state index is -0.883. The molecule has 1 rings (SSSR count). The molecule has 4 heteroatoms. The number of halogens is 1. The third-order valence-corrected chi connectivity index (χ3v) is 2.77. The van der Waals surface area contributed by atoms with Crippen molar-refractivity contribution in [2.45, 2.75) is 19.4 Å². The highest BCUT2D eigenvalue weighted by atomic mass is 79.9. The van der Waals surface area contributed by atoms with Gasteiger partial charge in [-0.1, -0.05) is 12.1 Å². The summed E-state index contributed by atoms with van der Waals surface area (Å²) >= 11 is 3.33. The van der Waals surface area contributed by atoms with Gasteiger partial charge in [-0.05, 0) is 41.9 Å². The van der Waals surface area contributed by atoms with Gasteiger partial charge in [0.25, 0.3) is 5.91 Å². The van der Waals surface area contributed by atoms with Crippen molar-refractivity contribution in [1.29, 1.82) is 0 Å². The Hall–Kier alpha value is -0.870. The Kier molecular flexibility index (Phi) is 4.10. The van der Waals surface area contributed by atoms with Crippen LogP contribution in [0.25, 0.3) is 0 Å². The van der Waals surface area contributed by atoms with Gasteiger partial charge in [0.15, 0.2) is 0 Å². The summed E-state index contributed by atoms with van der Waals surface area (Å²) in [4.78, 5) is 13.5. The smallest absolute Gasteiger partial charge is 0.254 e. The molecule has 1 aromatic carbocycles. The zero-order valence-electron chi connectivity index (χ0n) is 9.70. The van der Waals surface area contributed by atoms with Gasteiger partial charge in [-0.15, -0.1) is 0 Å². The molecule has 0 atom stereocenters. The van der Waals surface area contributed by atoms with Gasteiger partial charge in [-0.2, -0.15) is 0 Å². The fraction of sp³-hybridized carbons (Fsp3) is 0.417. The van der Waals surface area contributed by atoms with E-state index in [2.05, 4.69) is 15.9 Å². The van der Waals surface area contributed by atoms with Crippen molar-refractivity contribution in [3.05, 3.63) is 34.3 Å². The van der Waals surface area contributed by atoms with Crippen molar-refractivity contribution in [2.75, 3.05) is 13.6 Å². The lowest BCUT2D eigenvalue weighted by Crippen LogP contribution is -2.39. The second kappa shape index (κ2) is 4.97. The highest BCUT2D eigenvalue weighted by molar-refractivity contribution is 9.10. The first-order valence-corrected chi connectivity index (χ1v) is 5.83. The summed E-state index contributed by atoms with van der Waals surface area (Å²) in [6.45, 7) is 3.65. The quantitative estimate of drug-likeness (QED) is 0.926. The molecular weight excluding hydrogens is 270 g/mol. The van der Waals surface area contributed by atoms with Crippen molar-refractivity contribution < 1.29 is 9.90 Å². The Labute approximate surface area is 104 Å². The molecule has 0 unspecified atom stereocenters. The second-order valence-corrected chi connectivity index (χ2v) is 5.31. The molecule has 0 fully saturated rings. The molecule has 88 valence electrons. The molecule has 0 heterocycles. The maximum Gasteiger partial charge on any atom is 0.254 e. The van der Waals surface area contributed by atoms with Crippen LogP contribution in [-0.2, 0) is 0 Å². The predicted molar refractivity (Wildman–Crippen MR) is 67.4 cm³/mol. The molecule has 16 heavy (non-hydrogen) atoms. The number of hydrogen-bond acceptors (Lipinski definition) is 2. The van der Waals surface area contributed by atoms with E-state index in [1.807, 2.05) is 18.2 Å². The molecule has 0 aliphatic heterocycles. The Morgan fingerprint density at radius 2 is 2.00 bits per heavy atom. The van der Waals surface area contributed by atoms with E-state index >= 15 is 0 Å². The highest BCUT2D eigenvalue weighted by Crippen LogP contribution is 2.18. The van der Waals surface area contributed by atoms with Gasteiger partial charge in [0.2, 0.25) is 0 Å². The molecule has 0 bridgehead atoms. The summed E-state index contributed by atoms with van der Waals surface area (Å²) in [5.74, 6) is -0.102. The SMILES string of the molecule is CN(CC(C)(C)O)C(=O)c1ccccc1Br. The van der Waals surface area contributed by atoms with E-state index in [-0.39, 0.29) is 5.91 Å². The molecule has 0 aromatic heterocycles. The van der Waals surface area contributed by atoms with E-state index in [9.17, 15) is 9.90 Å². The van der Waals surface area contributed by atoms with Crippen LogP contribution in [0.15, 0.2) is 28.7 Å². The monoisotopic (exact) mass is 285 g/mol. The lowest BCUT2D eigenvalue weighted by molar-refractivity contribution is 0.0367. The Morgan fingerprint density at radius 1 is 1.44 bits per heavy atom. The van der Waals surface area contributed by atoms with Crippen LogP contribution in [0.3, 0.4) is 0 Å². The average Bonchev–Trinajstić information content (AvgIpc) is 2.15. The minimum absolute atomic E-state index is 0.102. The first-order chi connectivity index (χ1) is 7.31. The Balaban J connectivity index is 2.83. The van der Waals surface area contributed by atoms with Gasteiger partial charge in [-0.25, -0.2) is 0 Å². The van der Waals surface area contributed by atoms with E-state index in [0.717, 1.165) is 4.47 Å². The van der Waals surface area contributed by atoms with E-state index in [4.69, 9.17) is 0 Å². The normalized spacial score (nSPS) is 11.3. The molecule has 0 saturated carbocycles. The molecule has 3 nitrogen and oxygen atoms in total. The summed E-state index contributed by atoms with van der Waals surface area (Å²) < 4.78 is 0.766. The largest absolute Gasteiger partial charge is 0.389 e. The minimum Gasteiger partial charge on any atom is -0.389 e. The third-order valence-electron chi connectivity index (χ3n) is 2.08. The molecule has 1 aromatic rings. The predicted octanol–water partition coefficient (Wildman–Crippen LogP) is 2.29. The maximum atomic E-state index is 12.0. The van der Waals surface area contributed by atoms with Crippen molar-refractivity contribution in [1.82, 2.24) is 4.90 Å². The van der Waals surface area contributed by atoms with Crippen LogP contribution in [0.2, 0.25) is 0 Å². The Morgan fingerprint density at radius 3 is 2.50 bits per heavy atom. The number of carbonyl (C=O) groups excluding carboxylic acids is 1. The first kappa shape index (κ1) is 13.2. The van der Waals surface area contributed by atoms with E-state index < -0.39 is 5.60 Å². The summed E-state index contributed by atoms with van der Waals surface area (Å²) in [6, 6.07) is 7.26. The van der Waals surface area contributed by atoms with Gasteiger partial charge in [0, 0.05) is 18.1 Å². The van der Waals surface area contributed by atoms with Crippen molar-refractivity contribution in [3.8, 4) is 0 Å². The van der Waals surface area contributed by atoms with Crippen LogP contribution >= 0.6 is 15.9 Å². The number of nitrogens with zero attached hydrogens (tertiary/aromatic N) is 1. The van der Waals surface area contributed by atoms with Crippen molar-refractivity contribution >= 4 is 21.8 Å². The molecule has 1 N–H and O–H groups in total. The van der Waals surface area contributed by atoms with E-state index in [1.54, 1.807) is 27.0 Å². The average molecular weight is 286 g/mol. The van der Waals surface area contributed by atoms with Crippen LogP contribution in [-0.4, -0.2) is 35.1 Å². The van der Waals surface area contributed by atoms with Crippen molar-refractivity contribution in [3.63, 3.8) is 0 Å². The molecule has 0 spiro atoms. The van der Waals surface area contributed by atoms with E-state index in [1.165, 1.54) is 4.90 Å². The van der Waals surface area contributed by atoms with Gasteiger partial charge >= 0.3 is 0 Å². The topological polar surface area (TPSA) is 40.5 Å². The van der Waals surface area contributed by atoms with Gasteiger partial charge < -0.3 is 10.0 Å². The molecule has 0 radical (unpaired) electrons. The number of rotatable bonds is 3. The number of aliphatic hydroxyl groups is 1. The molecule has 1 amide bonds. The summed E-state index contributed by atoms with van der Waals surface area (Å²) in [6.07, 6.45) is 0. The standard InChI is InChI=1S/C12H16BrNO2/c1-12(2,16)8-14(3)11(15)9-6-4-5-7-10(9)13/h4-7,16H,8H2,1-3H3. The molecular formula is C12H16BrNO2. The lowest BCUT2D eigenvalue weighted by Gasteiger charge is -2.25. The van der Waals surface area contributed by atoms with Gasteiger partial charge in [0.1, 0.15) is 0 Å². The van der Waals surface area contributed by atoms with Gasteiger partial charge in [-0.3, -0.25) is 4.79 Å². The van der Waals surface area contributed by atoms with Crippen LogP contribution in [0, 0.1) is 0 Å². The fourth-order valence-corrected chi connectivity index (χ4v) is 1.95. The summed E-state index contributed by atoms with van der Waals surface area (Å²) in [5.41, 5.74) is -0.277. The van der Waals surface area contributed by atoms with E-state index in [0.29, 0.717) is 12.1 Å². The van der Waals surface area contributed by atoms with Crippen LogP contribution in [0.4, 0.5) is 0 Å². The fourth-order valence-electron chi connectivity index (χ4n) is 1.49. The number of hydrogen-bond donors (Lipinski definition) is 1. The van der Waals surface area contributed by atoms with Gasteiger partial charge in [0.05, 0.1) is 11.2 Å². The first-order valence-electron chi connectivity index (χ1n) is 5.03. The molecule has 0 saturated heterocycles. The summed E-state index contributed by atoms with van der Waals surface area (Å²) in [5, 5.41) is 9.65. The number of likely N-dealkylation sites (N-methyl/N-ethyl adjacent to an activating group) is 1. The lowest BCUT2D eigenvalue weighted by atomic mass is 10.1. The zero-order chi connectivity index (χ0) is 12.3. The van der Waals surface area contributed by atoms with Crippen LogP contribution in [0.5, 0.6) is 0 Å². The highest BCUT2D eigenvalue weighted by Gasteiger charge is 2.21. The Bertz CT molecular complexity index is 385. The van der Waals surface area contributed by atoms with Crippen LogP contribution < -0.4 is 0 Å². The van der Waals surface area contributed by atoms with Crippen molar-refractivity contribution in [2.24, 2.45) is 0 Å².